The normalized spacial score (nSPS) is 41.5. The monoisotopic (exact) mass is 289 g/mol. The number of fused-ring (bicyclic) bond motifs is 2. The summed E-state index contributed by atoms with van der Waals surface area (Å²) in [5.74, 6) is -16.0. The van der Waals surface area contributed by atoms with Gasteiger partial charge in [0.15, 0.2) is 11.7 Å². The van der Waals surface area contributed by atoms with Crippen LogP contribution in [-0.2, 0) is 4.84 Å². The van der Waals surface area contributed by atoms with E-state index in [1.165, 1.54) is 0 Å². The van der Waals surface area contributed by atoms with Crippen LogP contribution >= 0.6 is 11.6 Å². The van der Waals surface area contributed by atoms with E-state index in [1.54, 1.807) is 0 Å². The molecule has 2 bridgehead atoms. The molecular formula is C6ClF8NO. The fourth-order valence-electron chi connectivity index (χ4n) is 1.50. The van der Waals surface area contributed by atoms with E-state index in [-0.39, 0.29) is 0 Å². The molecule has 11 heteroatoms. The summed E-state index contributed by atoms with van der Waals surface area (Å²) in [6.07, 6.45) is -5.83. The van der Waals surface area contributed by atoms with Crippen molar-refractivity contribution in [3.05, 3.63) is 11.7 Å². The third kappa shape index (κ3) is 1.09. The van der Waals surface area contributed by atoms with Gasteiger partial charge in [0.25, 0.3) is 5.06 Å². The van der Waals surface area contributed by atoms with Crippen molar-refractivity contribution in [2.45, 2.75) is 23.1 Å². The fourth-order valence-corrected chi connectivity index (χ4v) is 1.78. The molecule has 1 saturated heterocycles. The number of nitrogens with zero attached hydrogens (tertiary/aromatic N) is 1. The first-order valence-corrected chi connectivity index (χ1v) is 4.16. The van der Waals surface area contributed by atoms with Gasteiger partial charge in [0, 0.05) is 0 Å². The topological polar surface area (TPSA) is 12.5 Å². The van der Waals surface area contributed by atoms with Crippen molar-refractivity contribution in [3.63, 3.8) is 0 Å². The Kier molecular flexibility index (Phi) is 2.16. The van der Waals surface area contributed by atoms with Gasteiger partial charge in [-0.15, -0.1) is 0 Å². The van der Waals surface area contributed by atoms with E-state index < -0.39 is 39.8 Å². The van der Waals surface area contributed by atoms with Crippen LogP contribution in [-0.4, -0.2) is 28.1 Å². The van der Waals surface area contributed by atoms with Crippen LogP contribution in [0.5, 0.6) is 0 Å². The van der Waals surface area contributed by atoms with Gasteiger partial charge in [0.1, 0.15) is 0 Å². The zero-order valence-electron chi connectivity index (χ0n) is 7.26. The van der Waals surface area contributed by atoms with Crippen LogP contribution in [0.25, 0.3) is 0 Å². The van der Waals surface area contributed by atoms with E-state index in [0.29, 0.717) is 0 Å². The second-order valence-corrected chi connectivity index (χ2v) is 3.81. The molecule has 0 aromatic heterocycles. The highest BCUT2D eigenvalue weighted by Crippen LogP contribution is 2.68. The average Bonchev–Trinajstić information content (AvgIpc) is 2.38. The molecule has 1 heterocycles. The van der Waals surface area contributed by atoms with Crippen LogP contribution in [0.4, 0.5) is 35.1 Å². The zero-order chi connectivity index (χ0) is 13.4. The van der Waals surface area contributed by atoms with Gasteiger partial charge in [0.05, 0.1) is 0 Å². The largest absolute Gasteiger partial charge is 0.486 e. The van der Waals surface area contributed by atoms with Crippen molar-refractivity contribution in [1.82, 2.24) is 5.06 Å². The van der Waals surface area contributed by atoms with Gasteiger partial charge in [-0.1, -0.05) is 11.6 Å². The minimum absolute atomic E-state index is 1.94. The van der Waals surface area contributed by atoms with E-state index in [0.717, 1.165) is 0 Å². The SMILES string of the molecule is FC1=C(F)C2(F)N(C(F)(F)F)OC1(Cl)C2(F)F. The second kappa shape index (κ2) is 2.86. The third-order valence-electron chi connectivity index (χ3n) is 2.31. The third-order valence-corrected chi connectivity index (χ3v) is 2.79. The van der Waals surface area contributed by atoms with Gasteiger partial charge in [-0.3, -0.25) is 4.84 Å². The number of halogens is 9. The summed E-state index contributed by atoms with van der Waals surface area (Å²) in [6, 6.07) is 0. The summed E-state index contributed by atoms with van der Waals surface area (Å²) in [5.41, 5.74) is 0. The molecule has 2 atom stereocenters. The summed E-state index contributed by atoms with van der Waals surface area (Å²) in [6.45, 7) is 0. The molecule has 2 aliphatic rings. The van der Waals surface area contributed by atoms with Crippen LogP contribution < -0.4 is 0 Å². The van der Waals surface area contributed by atoms with Crippen LogP contribution in [0.2, 0.25) is 0 Å². The van der Waals surface area contributed by atoms with Gasteiger partial charge >= 0.3 is 18.0 Å². The van der Waals surface area contributed by atoms with E-state index in [4.69, 9.17) is 11.6 Å². The van der Waals surface area contributed by atoms with Gasteiger partial charge < -0.3 is 0 Å². The minimum atomic E-state index is -5.83. The van der Waals surface area contributed by atoms with Gasteiger partial charge in [0.2, 0.25) is 0 Å². The molecule has 0 saturated carbocycles. The Hall–Kier alpha value is -0.610. The lowest BCUT2D eigenvalue weighted by atomic mass is 10.1. The van der Waals surface area contributed by atoms with Crippen molar-refractivity contribution in [2.75, 3.05) is 0 Å². The number of alkyl halides is 7. The molecule has 98 valence electrons. The maximum Gasteiger partial charge on any atom is 0.486 e. The van der Waals surface area contributed by atoms with Gasteiger partial charge in [-0.2, -0.15) is 22.0 Å². The average molecular weight is 290 g/mol. The van der Waals surface area contributed by atoms with Crippen LogP contribution in [0.1, 0.15) is 0 Å². The van der Waals surface area contributed by atoms with Crippen molar-refractivity contribution in [2.24, 2.45) is 0 Å². The first-order chi connectivity index (χ1) is 7.40. The molecule has 2 unspecified atom stereocenters. The highest BCUT2D eigenvalue weighted by atomic mass is 35.5. The molecule has 1 aliphatic heterocycles. The summed E-state index contributed by atoms with van der Waals surface area (Å²) >= 11 is 4.70. The Morgan fingerprint density at radius 2 is 1.53 bits per heavy atom. The molecule has 1 aliphatic carbocycles. The Bertz CT molecular complexity index is 421. The molecular weight excluding hydrogens is 290 g/mol. The molecule has 0 spiro atoms. The summed E-state index contributed by atoms with van der Waals surface area (Å²) in [7, 11) is 0. The standard InChI is InChI=1S/C6ClF8NO/c7-3-1(8)2(9)4(10,5(3,11)12)16(17-3)6(13,14)15. The molecule has 0 radical (unpaired) electrons. The fraction of sp³-hybridized carbons (Fsp3) is 0.667. The maximum absolute atomic E-state index is 13.5. The number of hydrogen-bond acceptors (Lipinski definition) is 2. The summed E-state index contributed by atoms with van der Waals surface area (Å²) < 4.78 is 102. The quantitative estimate of drug-likeness (QED) is 0.386. The Balaban J connectivity index is 2.67. The predicted molar refractivity (Wildman–Crippen MR) is 35.6 cm³/mol. The van der Waals surface area contributed by atoms with Crippen molar-refractivity contribution in [3.8, 4) is 0 Å². The molecule has 0 amide bonds. The van der Waals surface area contributed by atoms with Crippen LogP contribution in [0.15, 0.2) is 11.7 Å². The number of hydroxylamine groups is 2. The second-order valence-electron chi connectivity index (χ2n) is 3.27. The number of hydrogen-bond donors (Lipinski definition) is 0. The van der Waals surface area contributed by atoms with Crippen molar-refractivity contribution < 1.29 is 40.0 Å². The lowest BCUT2D eigenvalue weighted by Crippen LogP contribution is -2.55. The van der Waals surface area contributed by atoms with Crippen LogP contribution in [0, 0.1) is 0 Å². The van der Waals surface area contributed by atoms with Crippen LogP contribution in [0.3, 0.4) is 0 Å². The molecule has 17 heavy (non-hydrogen) atoms. The Labute approximate surface area is 92.3 Å². The van der Waals surface area contributed by atoms with Crippen molar-refractivity contribution in [1.29, 1.82) is 0 Å². The summed E-state index contributed by atoms with van der Waals surface area (Å²) in [4.78, 5) is 3.29. The maximum atomic E-state index is 13.5. The van der Waals surface area contributed by atoms with E-state index in [9.17, 15) is 35.1 Å². The first-order valence-electron chi connectivity index (χ1n) is 3.78. The summed E-state index contributed by atoms with van der Waals surface area (Å²) in [5, 5.41) is -6.10. The van der Waals surface area contributed by atoms with E-state index >= 15 is 0 Å². The van der Waals surface area contributed by atoms with Gasteiger partial charge in [-0.25, -0.2) is 13.2 Å². The van der Waals surface area contributed by atoms with Gasteiger partial charge in [-0.05, 0) is 5.06 Å². The molecule has 0 aromatic carbocycles. The highest BCUT2D eigenvalue weighted by molar-refractivity contribution is 6.26. The Morgan fingerprint density at radius 3 is 1.82 bits per heavy atom. The van der Waals surface area contributed by atoms with Crippen molar-refractivity contribution >= 4 is 11.6 Å². The lowest BCUT2D eigenvalue weighted by Gasteiger charge is -2.30. The van der Waals surface area contributed by atoms with E-state index in [1.807, 2.05) is 0 Å². The highest BCUT2D eigenvalue weighted by Gasteiger charge is 2.91. The minimum Gasteiger partial charge on any atom is -0.250 e. The molecule has 2 nitrogen and oxygen atoms in total. The predicted octanol–water partition coefficient (Wildman–Crippen LogP) is 3.15. The zero-order valence-corrected chi connectivity index (χ0v) is 8.01. The molecule has 0 N–H and O–H groups in total. The lowest BCUT2D eigenvalue weighted by molar-refractivity contribution is -0.410. The smallest absolute Gasteiger partial charge is 0.250 e. The molecule has 0 aromatic rings. The first kappa shape index (κ1) is 12.8. The van der Waals surface area contributed by atoms with E-state index in [2.05, 4.69) is 4.84 Å². The Morgan fingerprint density at radius 1 is 1.06 bits per heavy atom. The number of rotatable bonds is 0. The molecule has 2 rings (SSSR count). The molecule has 1 fully saturated rings.